The van der Waals surface area contributed by atoms with Crippen molar-refractivity contribution in [2.45, 2.75) is 36.9 Å². The van der Waals surface area contributed by atoms with Crippen molar-refractivity contribution in [2.24, 2.45) is 0 Å². The Morgan fingerprint density at radius 2 is 1.89 bits per heavy atom. The van der Waals surface area contributed by atoms with E-state index in [2.05, 4.69) is 4.98 Å². The first-order valence-electron chi connectivity index (χ1n) is 10.5. The molecule has 0 saturated heterocycles. The van der Waals surface area contributed by atoms with Gasteiger partial charge in [-0.05, 0) is 36.2 Å². The first-order valence-corrected chi connectivity index (χ1v) is 12.2. The van der Waals surface area contributed by atoms with E-state index in [1.807, 2.05) is 6.07 Å². The van der Waals surface area contributed by atoms with Gasteiger partial charge < -0.3 is 4.90 Å². The van der Waals surface area contributed by atoms with Crippen LogP contribution < -0.4 is 4.90 Å². The second kappa shape index (κ2) is 8.49. The number of carbonyl (C=O) groups is 2. The molecule has 2 heterocycles. The van der Waals surface area contributed by atoms with Crippen molar-refractivity contribution in [3.05, 3.63) is 64.6 Å². The number of Topliss-reactive ketones (excluding diaryl/α,β-unsaturated/α-hetero) is 1. The van der Waals surface area contributed by atoms with E-state index in [9.17, 15) is 36.4 Å². The van der Waals surface area contributed by atoms with Crippen LogP contribution in [0.4, 0.5) is 23.7 Å². The number of sulfone groups is 1. The van der Waals surface area contributed by atoms with Crippen molar-refractivity contribution in [2.75, 3.05) is 17.7 Å². The van der Waals surface area contributed by atoms with Crippen LogP contribution >= 0.6 is 0 Å². The van der Waals surface area contributed by atoms with E-state index in [1.54, 1.807) is 0 Å². The van der Waals surface area contributed by atoms with Gasteiger partial charge in [0.25, 0.3) is 0 Å². The van der Waals surface area contributed by atoms with Gasteiger partial charge in [0.2, 0.25) is 0 Å². The van der Waals surface area contributed by atoms with E-state index in [-0.39, 0.29) is 57.4 Å². The van der Waals surface area contributed by atoms with Gasteiger partial charge >= 0.3 is 12.2 Å². The highest BCUT2D eigenvalue weighted by atomic mass is 32.2. The lowest BCUT2D eigenvalue weighted by molar-refractivity contribution is -0.141. The van der Waals surface area contributed by atoms with E-state index in [1.165, 1.54) is 38.2 Å². The molecule has 1 atom stereocenters. The maximum atomic E-state index is 13.5. The molecule has 182 valence electrons. The van der Waals surface area contributed by atoms with Crippen molar-refractivity contribution in [3.63, 3.8) is 0 Å². The van der Waals surface area contributed by atoms with E-state index >= 15 is 0 Å². The Bertz CT molecular complexity index is 1430. The second-order valence-electron chi connectivity index (χ2n) is 8.08. The van der Waals surface area contributed by atoms with Crippen molar-refractivity contribution in [1.82, 2.24) is 9.88 Å². The molecule has 0 unspecified atom stereocenters. The summed E-state index contributed by atoms with van der Waals surface area (Å²) in [5.74, 6) is -0.619. The zero-order valence-electron chi connectivity index (χ0n) is 18.6. The molecule has 0 radical (unpaired) electrons. The lowest BCUT2D eigenvalue weighted by Crippen LogP contribution is -2.48. The highest BCUT2D eigenvalue weighted by Gasteiger charge is 2.46. The molecule has 1 aromatic heterocycles. The summed E-state index contributed by atoms with van der Waals surface area (Å²) in [6, 6.07) is 6.04. The van der Waals surface area contributed by atoms with Gasteiger partial charge in [-0.15, -0.1) is 0 Å². The summed E-state index contributed by atoms with van der Waals surface area (Å²) < 4.78 is 65.5. The number of anilines is 1. The number of alkyl halides is 3. The number of pyridine rings is 1. The van der Waals surface area contributed by atoms with Crippen LogP contribution in [0.3, 0.4) is 0 Å². The number of hydrogen-bond acceptors (Lipinski definition) is 6. The van der Waals surface area contributed by atoms with Gasteiger partial charge in [0.05, 0.1) is 34.0 Å². The predicted molar refractivity (Wildman–Crippen MR) is 118 cm³/mol. The summed E-state index contributed by atoms with van der Waals surface area (Å²) in [6.45, 7) is 1.43. The number of hydrogen-bond donors (Lipinski definition) is 0. The zero-order chi connectivity index (χ0) is 25.7. The lowest BCUT2D eigenvalue weighted by Gasteiger charge is -2.40. The summed E-state index contributed by atoms with van der Waals surface area (Å²) in [5.41, 5.74) is -0.708. The summed E-state index contributed by atoms with van der Waals surface area (Å²) >= 11 is 0. The quantitative estimate of drug-likeness (QED) is 0.622. The van der Waals surface area contributed by atoms with Gasteiger partial charge in [0.15, 0.2) is 15.6 Å². The number of aromatic nitrogens is 1. The van der Waals surface area contributed by atoms with Gasteiger partial charge in [-0.1, -0.05) is 13.0 Å². The minimum absolute atomic E-state index is 0.0160. The number of nitriles is 1. The van der Waals surface area contributed by atoms with E-state index < -0.39 is 33.8 Å². The number of ketones is 1. The highest BCUT2D eigenvalue weighted by molar-refractivity contribution is 7.91. The molecule has 2 amide bonds. The normalized spacial score (nSPS) is 18.7. The van der Waals surface area contributed by atoms with Gasteiger partial charge in [-0.25, -0.2) is 13.2 Å². The van der Waals surface area contributed by atoms with Gasteiger partial charge in [-0.3, -0.25) is 14.7 Å². The highest BCUT2D eigenvalue weighted by Crippen LogP contribution is 2.46. The molecule has 2 aromatic rings. The number of amides is 2. The Balaban J connectivity index is 1.95. The fourth-order valence-electron chi connectivity index (χ4n) is 4.38. The molecule has 0 spiro atoms. The molecule has 12 heteroatoms. The largest absolute Gasteiger partial charge is 0.433 e. The SMILES string of the molecule is CCS(=O)(=O)c1cc(C#N)ccc1[C@H]1C2=C(CCC2=O)N(c2ccnc(C(F)(F)F)c2)C(=O)N1C. The van der Waals surface area contributed by atoms with E-state index in [0.29, 0.717) is 0 Å². The molecule has 0 saturated carbocycles. The van der Waals surface area contributed by atoms with Crippen molar-refractivity contribution < 1.29 is 31.2 Å². The molecular weight excluding hydrogens is 485 g/mol. The second-order valence-corrected chi connectivity index (χ2v) is 10.3. The maximum Gasteiger partial charge on any atom is 0.433 e. The first kappa shape index (κ1) is 24.4. The Morgan fingerprint density at radius 1 is 1.17 bits per heavy atom. The zero-order valence-corrected chi connectivity index (χ0v) is 19.4. The fraction of sp³-hybridized carbons (Fsp3) is 0.304. The molecule has 1 aromatic carbocycles. The molecule has 0 bridgehead atoms. The fourth-order valence-corrected chi connectivity index (χ4v) is 5.54. The minimum Gasteiger partial charge on any atom is -0.316 e. The Labute approximate surface area is 199 Å². The monoisotopic (exact) mass is 504 g/mol. The van der Waals surface area contributed by atoms with Crippen LogP contribution in [0.2, 0.25) is 0 Å². The average molecular weight is 504 g/mol. The number of allylic oxidation sites excluding steroid dienone is 1. The van der Waals surface area contributed by atoms with Crippen LogP contribution in [0.15, 0.2) is 52.7 Å². The van der Waals surface area contributed by atoms with E-state index in [0.717, 1.165) is 22.1 Å². The summed E-state index contributed by atoms with van der Waals surface area (Å²) in [5, 5.41) is 9.26. The van der Waals surface area contributed by atoms with Crippen molar-refractivity contribution >= 4 is 27.3 Å². The maximum absolute atomic E-state index is 13.5. The third kappa shape index (κ3) is 4.05. The number of urea groups is 1. The van der Waals surface area contributed by atoms with E-state index in [4.69, 9.17) is 0 Å². The summed E-state index contributed by atoms with van der Waals surface area (Å²) in [6.07, 6.45) is -3.69. The number of rotatable bonds is 4. The van der Waals surface area contributed by atoms with Crippen molar-refractivity contribution in [3.8, 4) is 6.07 Å². The van der Waals surface area contributed by atoms with Crippen LogP contribution in [0.25, 0.3) is 0 Å². The van der Waals surface area contributed by atoms with Crippen LogP contribution in [0.1, 0.15) is 42.6 Å². The molecule has 35 heavy (non-hydrogen) atoms. The van der Waals surface area contributed by atoms with Crippen LogP contribution in [0, 0.1) is 11.3 Å². The van der Waals surface area contributed by atoms with Crippen LogP contribution in [-0.2, 0) is 20.8 Å². The molecule has 8 nitrogen and oxygen atoms in total. The molecule has 1 aliphatic heterocycles. The van der Waals surface area contributed by atoms with Crippen molar-refractivity contribution in [1.29, 1.82) is 5.26 Å². The molecule has 4 rings (SSSR count). The third-order valence-electron chi connectivity index (χ3n) is 6.07. The predicted octanol–water partition coefficient (Wildman–Crippen LogP) is 4.00. The van der Waals surface area contributed by atoms with Crippen LogP contribution in [0.5, 0.6) is 0 Å². The molecule has 0 N–H and O–H groups in total. The number of carbonyl (C=O) groups excluding carboxylic acids is 2. The smallest absolute Gasteiger partial charge is 0.316 e. The lowest BCUT2D eigenvalue weighted by atomic mass is 9.92. The summed E-state index contributed by atoms with van der Waals surface area (Å²) in [7, 11) is -2.51. The Kier molecular flexibility index (Phi) is 5.92. The molecule has 2 aliphatic rings. The van der Waals surface area contributed by atoms with Gasteiger partial charge in [0, 0.05) is 30.9 Å². The Hall–Kier alpha value is -3.72. The number of nitrogens with zero attached hydrogens (tertiary/aromatic N) is 4. The first-order chi connectivity index (χ1) is 16.4. The van der Waals surface area contributed by atoms with Gasteiger partial charge in [-0.2, -0.15) is 18.4 Å². The van der Waals surface area contributed by atoms with Gasteiger partial charge in [0.1, 0.15) is 5.69 Å². The topological polar surface area (TPSA) is 111 Å². The molecule has 0 fully saturated rings. The molecule has 1 aliphatic carbocycles. The number of likely N-dealkylation sites (N-methyl/N-ethyl adjacent to an activating group) is 1. The standard InChI is InChI=1S/C23H19F3N4O4S/c1-3-35(33,34)18-10-13(12-27)4-5-15(18)21-20-16(6-7-17(20)31)30(22(32)29(21)2)14-8-9-28-19(11-14)23(24,25)26/h4-5,8-11,21H,3,6-7H2,1-2H3/t21-/m0/s1. The van der Waals surface area contributed by atoms with Crippen LogP contribution in [-0.4, -0.2) is 42.9 Å². The number of halogens is 3. The third-order valence-corrected chi connectivity index (χ3v) is 7.85. The Morgan fingerprint density at radius 3 is 2.51 bits per heavy atom. The average Bonchev–Trinajstić information content (AvgIpc) is 3.20. The number of benzene rings is 1. The molecular formula is C23H19F3N4O4S. The summed E-state index contributed by atoms with van der Waals surface area (Å²) in [4.78, 5) is 31.8. The minimum atomic E-state index is -4.74.